The molecule has 1 aromatic heterocycles. The summed E-state index contributed by atoms with van der Waals surface area (Å²) in [5.74, 6) is 0.619. The number of rotatable bonds is 7. The lowest BCUT2D eigenvalue weighted by molar-refractivity contribution is -0.137. The van der Waals surface area contributed by atoms with E-state index in [1.165, 1.54) is 18.5 Å². The molecule has 0 amide bonds. The van der Waals surface area contributed by atoms with Crippen molar-refractivity contribution in [3.63, 3.8) is 0 Å². The van der Waals surface area contributed by atoms with E-state index in [2.05, 4.69) is 25.7 Å². The van der Waals surface area contributed by atoms with Gasteiger partial charge in [0.25, 0.3) is 0 Å². The molecule has 0 fully saturated rings. The van der Waals surface area contributed by atoms with Crippen LogP contribution in [0.1, 0.15) is 36.0 Å². The van der Waals surface area contributed by atoms with Crippen molar-refractivity contribution in [1.82, 2.24) is 25.4 Å². The summed E-state index contributed by atoms with van der Waals surface area (Å²) >= 11 is 0. The SMILES string of the molecule is CN=C(NCCC(C)c1cccc(C(F)(F)F)c1)NCc1ccc(-n2cncn2)cc1. The van der Waals surface area contributed by atoms with Gasteiger partial charge in [0.2, 0.25) is 0 Å². The minimum Gasteiger partial charge on any atom is -0.356 e. The van der Waals surface area contributed by atoms with Gasteiger partial charge in [-0.1, -0.05) is 37.3 Å². The monoisotopic (exact) mass is 430 g/mol. The van der Waals surface area contributed by atoms with Crippen LogP contribution in [-0.4, -0.2) is 34.3 Å². The Morgan fingerprint density at radius 1 is 1.13 bits per heavy atom. The molecule has 3 rings (SSSR count). The number of hydrogen-bond donors (Lipinski definition) is 2. The van der Waals surface area contributed by atoms with Crippen LogP contribution in [0.2, 0.25) is 0 Å². The second kappa shape index (κ2) is 10.1. The summed E-state index contributed by atoms with van der Waals surface area (Å²) in [6.07, 6.45) is -0.527. The van der Waals surface area contributed by atoms with E-state index in [4.69, 9.17) is 0 Å². The molecule has 31 heavy (non-hydrogen) atoms. The number of benzene rings is 2. The zero-order valence-electron chi connectivity index (χ0n) is 17.4. The first kappa shape index (κ1) is 22.3. The van der Waals surface area contributed by atoms with Crippen LogP contribution in [0.15, 0.2) is 66.2 Å². The number of hydrogen-bond acceptors (Lipinski definition) is 3. The number of guanidine groups is 1. The Morgan fingerprint density at radius 2 is 1.90 bits per heavy atom. The van der Waals surface area contributed by atoms with E-state index in [-0.39, 0.29) is 5.92 Å². The molecule has 2 N–H and O–H groups in total. The van der Waals surface area contributed by atoms with Crippen molar-refractivity contribution >= 4 is 5.96 Å². The van der Waals surface area contributed by atoms with E-state index in [0.29, 0.717) is 31.0 Å². The van der Waals surface area contributed by atoms with Gasteiger partial charge in [0.1, 0.15) is 12.7 Å². The fourth-order valence-electron chi connectivity index (χ4n) is 3.11. The second-order valence-corrected chi connectivity index (χ2v) is 7.17. The largest absolute Gasteiger partial charge is 0.416 e. The van der Waals surface area contributed by atoms with Gasteiger partial charge in [0.05, 0.1) is 11.3 Å². The van der Waals surface area contributed by atoms with Crippen molar-refractivity contribution in [2.75, 3.05) is 13.6 Å². The normalized spacial score (nSPS) is 13.1. The topological polar surface area (TPSA) is 67.1 Å². The molecule has 1 atom stereocenters. The van der Waals surface area contributed by atoms with Gasteiger partial charge in [0.15, 0.2) is 5.96 Å². The summed E-state index contributed by atoms with van der Waals surface area (Å²) < 4.78 is 40.4. The van der Waals surface area contributed by atoms with E-state index in [0.717, 1.165) is 17.3 Å². The quantitative estimate of drug-likeness (QED) is 0.437. The van der Waals surface area contributed by atoms with Gasteiger partial charge < -0.3 is 10.6 Å². The minimum atomic E-state index is -4.33. The Labute approximate surface area is 179 Å². The highest BCUT2D eigenvalue weighted by Crippen LogP contribution is 2.31. The average molecular weight is 430 g/mol. The Morgan fingerprint density at radius 3 is 2.55 bits per heavy atom. The number of nitrogens with one attached hydrogen (secondary N) is 2. The van der Waals surface area contributed by atoms with Crippen LogP contribution in [0.4, 0.5) is 13.2 Å². The summed E-state index contributed by atoms with van der Waals surface area (Å²) in [5.41, 5.74) is 2.06. The molecule has 2 aromatic carbocycles. The van der Waals surface area contributed by atoms with E-state index in [1.807, 2.05) is 31.2 Å². The van der Waals surface area contributed by atoms with Crippen LogP contribution in [-0.2, 0) is 12.7 Å². The van der Waals surface area contributed by atoms with Crippen LogP contribution in [0, 0.1) is 0 Å². The molecule has 1 heterocycles. The first-order valence-electron chi connectivity index (χ1n) is 9.92. The average Bonchev–Trinajstić information content (AvgIpc) is 3.31. The number of nitrogens with zero attached hydrogens (tertiary/aromatic N) is 4. The molecule has 0 aliphatic carbocycles. The molecule has 0 saturated carbocycles. The lowest BCUT2D eigenvalue weighted by atomic mass is 9.96. The van der Waals surface area contributed by atoms with Gasteiger partial charge in [-0.3, -0.25) is 4.99 Å². The van der Waals surface area contributed by atoms with E-state index in [9.17, 15) is 13.2 Å². The van der Waals surface area contributed by atoms with Crippen LogP contribution < -0.4 is 10.6 Å². The number of halogens is 3. The summed E-state index contributed by atoms with van der Waals surface area (Å²) in [4.78, 5) is 8.13. The van der Waals surface area contributed by atoms with Gasteiger partial charge in [-0.15, -0.1) is 0 Å². The van der Waals surface area contributed by atoms with Gasteiger partial charge in [-0.2, -0.15) is 18.3 Å². The number of aliphatic imine (C=N–C) groups is 1. The molecular weight excluding hydrogens is 405 g/mol. The van der Waals surface area contributed by atoms with E-state index >= 15 is 0 Å². The lowest BCUT2D eigenvalue weighted by Gasteiger charge is -2.16. The van der Waals surface area contributed by atoms with Crippen molar-refractivity contribution in [1.29, 1.82) is 0 Å². The first-order valence-corrected chi connectivity index (χ1v) is 9.92. The molecule has 1 unspecified atom stereocenters. The fraction of sp³-hybridized carbons (Fsp3) is 0.318. The van der Waals surface area contributed by atoms with Crippen molar-refractivity contribution in [2.24, 2.45) is 4.99 Å². The highest BCUT2D eigenvalue weighted by Gasteiger charge is 2.30. The van der Waals surface area contributed by atoms with E-state index in [1.54, 1.807) is 24.1 Å². The summed E-state index contributed by atoms with van der Waals surface area (Å²) in [6.45, 7) is 3.09. The van der Waals surface area contributed by atoms with Crippen LogP contribution >= 0.6 is 0 Å². The summed E-state index contributed by atoms with van der Waals surface area (Å²) in [6, 6.07) is 13.4. The molecule has 0 saturated heterocycles. The number of alkyl halides is 3. The van der Waals surface area contributed by atoms with Crippen molar-refractivity contribution < 1.29 is 13.2 Å². The first-order chi connectivity index (χ1) is 14.9. The van der Waals surface area contributed by atoms with Gasteiger partial charge in [-0.05, 0) is 41.7 Å². The van der Waals surface area contributed by atoms with Crippen molar-refractivity contribution in [3.05, 3.63) is 77.9 Å². The third-order valence-corrected chi connectivity index (χ3v) is 4.96. The van der Waals surface area contributed by atoms with Crippen LogP contribution in [0.25, 0.3) is 5.69 Å². The Bertz CT molecular complexity index is 981. The smallest absolute Gasteiger partial charge is 0.356 e. The molecule has 3 aromatic rings. The van der Waals surface area contributed by atoms with Gasteiger partial charge in [0, 0.05) is 20.1 Å². The Kier molecular flexibility index (Phi) is 7.28. The molecule has 0 aliphatic heterocycles. The predicted molar refractivity (Wildman–Crippen MR) is 114 cm³/mol. The maximum absolute atomic E-state index is 12.9. The Hall–Kier alpha value is -3.36. The molecule has 164 valence electrons. The van der Waals surface area contributed by atoms with Crippen LogP contribution in [0.5, 0.6) is 0 Å². The summed E-state index contributed by atoms with van der Waals surface area (Å²) in [7, 11) is 1.68. The van der Waals surface area contributed by atoms with Gasteiger partial charge >= 0.3 is 6.18 Å². The zero-order valence-corrected chi connectivity index (χ0v) is 17.4. The molecule has 0 radical (unpaired) electrons. The molecule has 0 aliphatic rings. The standard InChI is InChI=1S/C22H25F3N6/c1-16(18-4-3-5-19(12-18)22(23,24)25)10-11-28-21(26-2)29-13-17-6-8-20(9-7-17)31-15-27-14-30-31/h3-9,12,14-16H,10-11,13H2,1-2H3,(H2,26,28,29). The molecule has 0 bridgehead atoms. The highest BCUT2D eigenvalue weighted by atomic mass is 19.4. The Balaban J connectivity index is 1.46. The zero-order chi connectivity index (χ0) is 22.3. The van der Waals surface area contributed by atoms with E-state index < -0.39 is 11.7 Å². The third-order valence-electron chi connectivity index (χ3n) is 4.96. The van der Waals surface area contributed by atoms with Crippen molar-refractivity contribution in [3.8, 4) is 5.69 Å². The molecular formula is C22H25F3N6. The predicted octanol–water partition coefficient (Wildman–Crippen LogP) is 4.14. The lowest BCUT2D eigenvalue weighted by Crippen LogP contribution is -2.37. The molecule has 9 heteroatoms. The second-order valence-electron chi connectivity index (χ2n) is 7.17. The fourth-order valence-corrected chi connectivity index (χ4v) is 3.11. The highest BCUT2D eigenvalue weighted by molar-refractivity contribution is 5.79. The molecule has 0 spiro atoms. The minimum absolute atomic E-state index is 0.0164. The maximum atomic E-state index is 12.9. The molecule has 6 nitrogen and oxygen atoms in total. The van der Waals surface area contributed by atoms with Gasteiger partial charge in [-0.25, -0.2) is 9.67 Å². The van der Waals surface area contributed by atoms with Crippen LogP contribution in [0.3, 0.4) is 0 Å². The third kappa shape index (κ3) is 6.31. The maximum Gasteiger partial charge on any atom is 0.416 e. The summed E-state index contributed by atoms with van der Waals surface area (Å²) in [5, 5.41) is 10.5. The number of aromatic nitrogens is 3. The van der Waals surface area contributed by atoms with Crippen molar-refractivity contribution in [2.45, 2.75) is 32.0 Å².